The number of hydrogen-bond donors (Lipinski definition) is 3. The Bertz CT molecular complexity index is 438. The second-order valence-electron chi connectivity index (χ2n) is 4.42. The zero-order chi connectivity index (χ0) is 12.5. The van der Waals surface area contributed by atoms with Gasteiger partial charge in [-0.15, -0.1) is 0 Å². The van der Waals surface area contributed by atoms with Crippen molar-refractivity contribution in [1.82, 2.24) is 0 Å². The van der Waals surface area contributed by atoms with E-state index >= 15 is 0 Å². The number of carboxylic acids is 1. The van der Waals surface area contributed by atoms with Crippen molar-refractivity contribution in [2.75, 3.05) is 11.9 Å². The molecular formula is C12H14BrNO3. The standard InChI is InChI=1S/C12H14BrNO3/c13-9-6-8(11(16)17)2-3-10(9)14-12(7-15)4-1-5-12/h2-3,6,14-15H,1,4-5,7H2,(H,16,17). The number of rotatable bonds is 4. The molecule has 0 spiro atoms. The van der Waals surface area contributed by atoms with Crippen LogP contribution < -0.4 is 5.32 Å². The lowest BCUT2D eigenvalue weighted by Gasteiger charge is -2.42. The Kier molecular flexibility index (Phi) is 3.40. The third-order valence-electron chi connectivity index (χ3n) is 3.23. The van der Waals surface area contributed by atoms with Gasteiger partial charge in [-0.2, -0.15) is 0 Å². The Morgan fingerprint density at radius 3 is 2.59 bits per heavy atom. The number of aromatic carboxylic acids is 1. The molecule has 1 saturated carbocycles. The predicted octanol–water partition coefficient (Wildman–Crippen LogP) is 2.47. The molecule has 3 N–H and O–H groups in total. The van der Waals surface area contributed by atoms with Gasteiger partial charge >= 0.3 is 5.97 Å². The van der Waals surface area contributed by atoms with Gasteiger partial charge in [-0.3, -0.25) is 0 Å². The maximum atomic E-state index is 10.8. The molecule has 1 aromatic carbocycles. The average molecular weight is 300 g/mol. The van der Waals surface area contributed by atoms with Crippen LogP contribution in [-0.2, 0) is 0 Å². The summed E-state index contributed by atoms with van der Waals surface area (Å²) in [7, 11) is 0. The minimum atomic E-state index is -0.947. The van der Waals surface area contributed by atoms with E-state index in [-0.39, 0.29) is 17.7 Å². The topological polar surface area (TPSA) is 69.6 Å². The summed E-state index contributed by atoms with van der Waals surface area (Å²) >= 11 is 3.34. The molecule has 0 unspecified atom stereocenters. The highest BCUT2D eigenvalue weighted by Gasteiger charge is 2.36. The van der Waals surface area contributed by atoms with Crippen molar-refractivity contribution >= 4 is 27.6 Å². The summed E-state index contributed by atoms with van der Waals surface area (Å²) in [5.41, 5.74) is 0.839. The fourth-order valence-electron chi connectivity index (χ4n) is 1.96. The third kappa shape index (κ3) is 2.45. The van der Waals surface area contributed by atoms with E-state index < -0.39 is 5.97 Å². The Labute approximate surface area is 108 Å². The molecule has 4 nitrogen and oxygen atoms in total. The molecule has 0 saturated heterocycles. The van der Waals surface area contributed by atoms with Crippen molar-refractivity contribution < 1.29 is 15.0 Å². The van der Waals surface area contributed by atoms with Crippen LogP contribution in [0.25, 0.3) is 0 Å². The molecule has 1 aliphatic carbocycles. The molecule has 17 heavy (non-hydrogen) atoms. The molecule has 0 aliphatic heterocycles. The molecule has 5 heteroatoms. The number of anilines is 1. The van der Waals surface area contributed by atoms with Gasteiger partial charge in [-0.05, 0) is 53.4 Å². The molecule has 0 aromatic heterocycles. The quantitative estimate of drug-likeness (QED) is 0.799. The van der Waals surface area contributed by atoms with Crippen LogP contribution in [0.15, 0.2) is 22.7 Å². The zero-order valence-corrected chi connectivity index (χ0v) is 10.8. The molecule has 0 atom stereocenters. The van der Waals surface area contributed by atoms with E-state index in [0.717, 1.165) is 24.9 Å². The highest BCUT2D eigenvalue weighted by atomic mass is 79.9. The highest BCUT2D eigenvalue weighted by molar-refractivity contribution is 9.10. The molecule has 0 bridgehead atoms. The summed E-state index contributed by atoms with van der Waals surface area (Å²) in [6.45, 7) is 0.0973. The van der Waals surface area contributed by atoms with Crippen LogP contribution in [0.2, 0.25) is 0 Å². The third-order valence-corrected chi connectivity index (χ3v) is 3.89. The molecule has 1 aromatic rings. The number of carbonyl (C=O) groups is 1. The number of aliphatic hydroxyl groups excluding tert-OH is 1. The lowest BCUT2D eigenvalue weighted by Crippen LogP contribution is -2.48. The van der Waals surface area contributed by atoms with Gasteiger partial charge in [0.25, 0.3) is 0 Å². The molecule has 1 aliphatic rings. The normalized spacial score (nSPS) is 17.3. The van der Waals surface area contributed by atoms with Crippen LogP contribution in [0.1, 0.15) is 29.6 Å². The van der Waals surface area contributed by atoms with Gasteiger partial charge < -0.3 is 15.5 Å². The van der Waals surface area contributed by atoms with Crippen molar-refractivity contribution in [2.24, 2.45) is 0 Å². The number of halogens is 1. The van der Waals surface area contributed by atoms with E-state index in [0.29, 0.717) is 4.47 Å². The van der Waals surface area contributed by atoms with E-state index in [4.69, 9.17) is 5.11 Å². The Morgan fingerprint density at radius 2 is 2.18 bits per heavy atom. The lowest BCUT2D eigenvalue weighted by atomic mass is 9.77. The van der Waals surface area contributed by atoms with E-state index in [1.807, 2.05) is 0 Å². The van der Waals surface area contributed by atoms with E-state index in [1.165, 1.54) is 0 Å². The number of carboxylic acid groups (broad SMARTS) is 1. The fraction of sp³-hybridized carbons (Fsp3) is 0.417. The predicted molar refractivity (Wildman–Crippen MR) is 68.4 cm³/mol. The van der Waals surface area contributed by atoms with Gasteiger partial charge in [0, 0.05) is 10.2 Å². The average Bonchev–Trinajstić information content (AvgIpc) is 2.25. The molecule has 0 heterocycles. The van der Waals surface area contributed by atoms with Crippen LogP contribution in [0.4, 0.5) is 5.69 Å². The molecule has 2 rings (SSSR count). The second kappa shape index (κ2) is 4.66. The van der Waals surface area contributed by atoms with E-state index in [2.05, 4.69) is 21.2 Å². The van der Waals surface area contributed by atoms with Crippen molar-refractivity contribution in [1.29, 1.82) is 0 Å². The first kappa shape index (κ1) is 12.4. The Morgan fingerprint density at radius 1 is 1.47 bits per heavy atom. The minimum absolute atomic E-state index is 0.0973. The summed E-state index contributed by atoms with van der Waals surface area (Å²) in [5, 5.41) is 21.5. The summed E-state index contributed by atoms with van der Waals surface area (Å²) in [6, 6.07) is 4.84. The first-order valence-electron chi connectivity index (χ1n) is 5.48. The highest BCUT2D eigenvalue weighted by Crippen LogP contribution is 2.37. The number of benzene rings is 1. The number of aliphatic hydroxyl groups is 1. The zero-order valence-electron chi connectivity index (χ0n) is 9.24. The summed E-state index contributed by atoms with van der Waals surface area (Å²) in [4.78, 5) is 10.8. The van der Waals surface area contributed by atoms with Gasteiger partial charge in [-0.1, -0.05) is 0 Å². The maximum Gasteiger partial charge on any atom is 0.335 e. The van der Waals surface area contributed by atoms with Crippen LogP contribution in [-0.4, -0.2) is 28.3 Å². The van der Waals surface area contributed by atoms with E-state index in [9.17, 15) is 9.90 Å². The van der Waals surface area contributed by atoms with Crippen molar-refractivity contribution in [3.05, 3.63) is 28.2 Å². The fourth-order valence-corrected chi connectivity index (χ4v) is 2.44. The number of hydrogen-bond acceptors (Lipinski definition) is 3. The Balaban J connectivity index is 2.19. The van der Waals surface area contributed by atoms with Gasteiger partial charge in [0.05, 0.1) is 17.7 Å². The molecular weight excluding hydrogens is 286 g/mol. The van der Waals surface area contributed by atoms with Crippen molar-refractivity contribution in [2.45, 2.75) is 24.8 Å². The molecule has 92 valence electrons. The lowest BCUT2D eigenvalue weighted by molar-refractivity contribution is 0.0697. The summed E-state index contributed by atoms with van der Waals surface area (Å²) in [6.07, 6.45) is 2.99. The maximum absolute atomic E-state index is 10.8. The summed E-state index contributed by atoms with van der Waals surface area (Å²) < 4.78 is 0.706. The van der Waals surface area contributed by atoms with Gasteiger partial charge in [0.15, 0.2) is 0 Å². The Hall–Kier alpha value is -1.07. The SMILES string of the molecule is O=C(O)c1ccc(NC2(CO)CCC2)c(Br)c1. The minimum Gasteiger partial charge on any atom is -0.478 e. The van der Waals surface area contributed by atoms with Crippen LogP contribution >= 0.6 is 15.9 Å². The molecule has 1 fully saturated rings. The van der Waals surface area contributed by atoms with Crippen molar-refractivity contribution in [3.8, 4) is 0 Å². The second-order valence-corrected chi connectivity index (χ2v) is 5.27. The van der Waals surface area contributed by atoms with E-state index in [1.54, 1.807) is 18.2 Å². The van der Waals surface area contributed by atoms with Gasteiger partial charge in [0.2, 0.25) is 0 Å². The first-order chi connectivity index (χ1) is 8.06. The monoisotopic (exact) mass is 299 g/mol. The smallest absolute Gasteiger partial charge is 0.335 e. The van der Waals surface area contributed by atoms with Gasteiger partial charge in [0.1, 0.15) is 0 Å². The molecule has 0 radical (unpaired) electrons. The number of nitrogens with one attached hydrogen (secondary N) is 1. The van der Waals surface area contributed by atoms with Crippen LogP contribution in [0.5, 0.6) is 0 Å². The van der Waals surface area contributed by atoms with Crippen LogP contribution in [0.3, 0.4) is 0 Å². The molecule has 0 amide bonds. The van der Waals surface area contributed by atoms with Gasteiger partial charge in [-0.25, -0.2) is 4.79 Å². The summed E-state index contributed by atoms with van der Waals surface area (Å²) in [5.74, 6) is -0.947. The van der Waals surface area contributed by atoms with Crippen molar-refractivity contribution in [3.63, 3.8) is 0 Å². The first-order valence-corrected chi connectivity index (χ1v) is 6.27. The van der Waals surface area contributed by atoms with Crippen LogP contribution in [0, 0.1) is 0 Å². The largest absolute Gasteiger partial charge is 0.478 e.